The Kier molecular flexibility index (Phi) is 5.49. The maximum absolute atomic E-state index is 2.46. The van der Waals surface area contributed by atoms with Crippen molar-refractivity contribution in [3.05, 3.63) is 66.8 Å². The molecule has 0 fully saturated rings. The molecule has 1 aliphatic carbocycles. The largest absolute Gasteiger partial charge is 0.361 e. The summed E-state index contributed by atoms with van der Waals surface area (Å²) >= 11 is 0. The van der Waals surface area contributed by atoms with Gasteiger partial charge in [-0.2, -0.15) is 0 Å². The number of hydrogen-bond donors (Lipinski definition) is 0. The lowest BCUT2D eigenvalue weighted by Crippen LogP contribution is -2.34. The first-order valence-corrected chi connectivity index (χ1v) is 7.22. The van der Waals surface area contributed by atoms with Crippen LogP contribution in [0.1, 0.15) is 26.2 Å². The number of rotatable bonds is 6. The van der Waals surface area contributed by atoms with E-state index in [2.05, 4.69) is 78.6 Å². The first-order valence-electron chi connectivity index (χ1n) is 7.22. The Morgan fingerprint density at radius 2 is 2.00 bits per heavy atom. The predicted octanol–water partition coefficient (Wildman–Crippen LogP) is 4.73. The second kappa shape index (κ2) is 7.63. The molecular formula is C18H23N. The summed E-state index contributed by atoms with van der Waals surface area (Å²) in [4.78, 5) is 2.46. The summed E-state index contributed by atoms with van der Waals surface area (Å²) in [5.41, 5.74) is 1.30. The summed E-state index contributed by atoms with van der Waals surface area (Å²) in [6.45, 7) is 3.20. The van der Waals surface area contributed by atoms with Gasteiger partial charge in [-0.25, -0.2) is 0 Å². The van der Waals surface area contributed by atoms with Gasteiger partial charge in [-0.05, 0) is 25.0 Å². The zero-order chi connectivity index (χ0) is 13.3. The van der Waals surface area contributed by atoms with Gasteiger partial charge in [0.1, 0.15) is 0 Å². The highest BCUT2D eigenvalue weighted by Gasteiger charge is 2.14. The molecule has 1 aromatic rings. The minimum absolute atomic E-state index is 0.471. The van der Waals surface area contributed by atoms with Crippen molar-refractivity contribution >= 4 is 5.69 Å². The van der Waals surface area contributed by atoms with Crippen molar-refractivity contribution in [3.63, 3.8) is 0 Å². The van der Waals surface area contributed by atoms with E-state index in [-0.39, 0.29) is 0 Å². The molecule has 0 bridgehead atoms. The first-order chi connectivity index (χ1) is 9.42. The molecule has 0 amide bonds. The Balaban J connectivity index is 2.09. The smallest absolute Gasteiger partial charge is 0.0514 e. The molecule has 1 nitrogen and oxygen atoms in total. The lowest BCUT2D eigenvalue weighted by atomic mass is 10.1. The van der Waals surface area contributed by atoms with Gasteiger partial charge in [-0.1, -0.05) is 68.0 Å². The van der Waals surface area contributed by atoms with Crippen molar-refractivity contribution in [2.75, 3.05) is 11.4 Å². The molecule has 0 N–H and O–H groups in total. The molecule has 1 atom stereocenters. The van der Waals surface area contributed by atoms with Gasteiger partial charge in [0.05, 0.1) is 6.04 Å². The van der Waals surface area contributed by atoms with Gasteiger partial charge in [0, 0.05) is 12.2 Å². The minimum atomic E-state index is 0.471. The van der Waals surface area contributed by atoms with Crippen molar-refractivity contribution in [2.45, 2.75) is 32.2 Å². The van der Waals surface area contributed by atoms with E-state index in [0.29, 0.717) is 6.04 Å². The van der Waals surface area contributed by atoms with Gasteiger partial charge >= 0.3 is 0 Å². The average molecular weight is 253 g/mol. The fourth-order valence-corrected chi connectivity index (χ4v) is 2.32. The van der Waals surface area contributed by atoms with Crippen molar-refractivity contribution < 1.29 is 0 Å². The van der Waals surface area contributed by atoms with Crippen LogP contribution in [-0.4, -0.2) is 12.6 Å². The molecule has 0 saturated carbocycles. The van der Waals surface area contributed by atoms with Gasteiger partial charge in [0.25, 0.3) is 0 Å². The molecule has 1 unspecified atom stereocenters. The Morgan fingerprint density at radius 3 is 2.68 bits per heavy atom. The number of anilines is 1. The van der Waals surface area contributed by atoms with Gasteiger partial charge in [-0.15, -0.1) is 0 Å². The predicted molar refractivity (Wildman–Crippen MR) is 84.5 cm³/mol. The molecule has 19 heavy (non-hydrogen) atoms. The summed E-state index contributed by atoms with van der Waals surface area (Å²) in [5.74, 6) is 0. The van der Waals surface area contributed by atoms with Gasteiger partial charge in [0.2, 0.25) is 0 Å². The standard InChI is InChI=1S/C18H23N/c1-2-3-4-11-16-19(17-12-7-5-8-13-17)18-14-9-6-10-15-18/h4-14,18H,2-3,15-16H2,1H3/b11-4-. The second-order valence-electron chi connectivity index (χ2n) is 4.86. The zero-order valence-corrected chi connectivity index (χ0v) is 11.7. The van der Waals surface area contributed by atoms with Crippen LogP contribution in [0.5, 0.6) is 0 Å². The third-order valence-corrected chi connectivity index (χ3v) is 3.37. The molecule has 0 saturated heterocycles. The highest BCUT2D eigenvalue weighted by molar-refractivity contribution is 5.49. The normalized spacial score (nSPS) is 18.1. The van der Waals surface area contributed by atoms with Crippen LogP contribution in [0, 0.1) is 0 Å². The number of hydrogen-bond acceptors (Lipinski definition) is 1. The van der Waals surface area contributed by atoms with Gasteiger partial charge < -0.3 is 4.90 Å². The van der Waals surface area contributed by atoms with Crippen LogP contribution >= 0.6 is 0 Å². The molecule has 0 aromatic heterocycles. The van der Waals surface area contributed by atoms with E-state index in [1.54, 1.807) is 0 Å². The molecule has 1 heteroatoms. The SMILES string of the molecule is CCC/C=C\CN(c1ccccc1)C1C=CC=CC1. The van der Waals surface area contributed by atoms with Crippen molar-refractivity contribution in [1.82, 2.24) is 0 Å². The summed E-state index contributed by atoms with van der Waals surface area (Å²) in [7, 11) is 0. The van der Waals surface area contributed by atoms with E-state index < -0.39 is 0 Å². The van der Waals surface area contributed by atoms with Gasteiger partial charge in [-0.3, -0.25) is 0 Å². The van der Waals surface area contributed by atoms with Crippen LogP contribution in [0.25, 0.3) is 0 Å². The molecule has 0 aliphatic heterocycles. The Morgan fingerprint density at radius 1 is 1.16 bits per heavy atom. The lowest BCUT2D eigenvalue weighted by molar-refractivity contribution is 0.723. The first kappa shape index (κ1) is 13.7. The number of benzene rings is 1. The molecule has 2 rings (SSSR count). The number of unbranched alkanes of at least 4 members (excludes halogenated alkanes) is 1. The lowest BCUT2D eigenvalue weighted by Gasteiger charge is -2.31. The molecule has 0 spiro atoms. The summed E-state index contributed by atoms with van der Waals surface area (Å²) in [5, 5.41) is 0. The Hall–Kier alpha value is -1.76. The molecular weight excluding hydrogens is 230 g/mol. The van der Waals surface area contributed by atoms with E-state index in [4.69, 9.17) is 0 Å². The maximum atomic E-state index is 2.46. The van der Waals surface area contributed by atoms with Crippen molar-refractivity contribution in [3.8, 4) is 0 Å². The molecule has 0 radical (unpaired) electrons. The number of allylic oxidation sites excluding steroid dienone is 3. The Bertz CT molecular complexity index is 442. The monoisotopic (exact) mass is 253 g/mol. The topological polar surface area (TPSA) is 3.24 Å². The van der Waals surface area contributed by atoms with Crippen LogP contribution in [-0.2, 0) is 0 Å². The molecule has 0 heterocycles. The quantitative estimate of drug-likeness (QED) is 0.662. The van der Waals surface area contributed by atoms with Crippen LogP contribution in [0.3, 0.4) is 0 Å². The fourth-order valence-electron chi connectivity index (χ4n) is 2.32. The maximum Gasteiger partial charge on any atom is 0.0514 e. The highest BCUT2D eigenvalue weighted by atomic mass is 15.2. The van der Waals surface area contributed by atoms with Crippen LogP contribution in [0.15, 0.2) is 66.8 Å². The average Bonchev–Trinajstić information content (AvgIpc) is 2.49. The zero-order valence-electron chi connectivity index (χ0n) is 11.7. The summed E-state index contributed by atoms with van der Waals surface area (Å²) < 4.78 is 0. The van der Waals surface area contributed by atoms with E-state index in [1.165, 1.54) is 18.5 Å². The summed E-state index contributed by atoms with van der Waals surface area (Å²) in [6, 6.07) is 11.2. The minimum Gasteiger partial charge on any atom is -0.361 e. The highest BCUT2D eigenvalue weighted by Crippen LogP contribution is 2.21. The van der Waals surface area contributed by atoms with Crippen LogP contribution in [0.4, 0.5) is 5.69 Å². The van der Waals surface area contributed by atoms with Crippen LogP contribution < -0.4 is 4.90 Å². The van der Waals surface area contributed by atoms with Gasteiger partial charge in [0.15, 0.2) is 0 Å². The summed E-state index contributed by atoms with van der Waals surface area (Å²) in [6.07, 6.45) is 16.9. The Labute approximate surface area is 116 Å². The number of para-hydroxylation sites is 1. The molecule has 1 aromatic carbocycles. The third-order valence-electron chi connectivity index (χ3n) is 3.37. The number of nitrogens with zero attached hydrogens (tertiary/aromatic N) is 1. The molecule has 100 valence electrons. The van der Waals surface area contributed by atoms with Crippen molar-refractivity contribution in [1.29, 1.82) is 0 Å². The second-order valence-corrected chi connectivity index (χ2v) is 4.86. The van der Waals surface area contributed by atoms with Crippen molar-refractivity contribution in [2.24, 2.45) is 0 Å². The van der Waals surface area contributed by atoms with E-state index in [1.807, 2.05) is 0 Å². The van der Waals surface area contributed by atoms with Crippen LogP contribution in [0.2, 0.25) is 0 Å². The van der Waals surface area contributed by atoms with E-state index >= 15 is 0 Å². The van der Waals surface area contributed by atoms with E-state index in [0.717, 1.165) is 13.0 Å². The third kappa shape index (κ3) is 4.13. The fraction of sp³-hybridized carbons (Fsp3) is 0.333. The molecule has 1 aliphatic rings. The van der Waals surface area contributed by atoms with E-state index in [9.17, 15) is 0 Å².